The van der Waals surface area contributed by atoms with E-state index in [1.807, 2.05) is 43.3 Å². The molecular formula is C31H34FN3OS. The van der Waals surface area contributed by atoms with Gasteiger partial charge in [-0.05, 0) is 71.3 Å². The lowest BCUT2D eigenvalue weighted by Crippen LogP contribution is -2.20. The zero-order chi connectivity index (χ0) is 27.1. The van der Waals surface area contributed by atoms with Crippen LogP contribution < -0.4 is 5.32 Å². The van der Waals surface area contributed by atoms with Gasteiger partial charge in [0.25, 0.3) is 5.91 Å². The molecule has 0 spiro atoms. The van der Waals surface area contributed by atoms with Crippen LogP contribution in [0.1, 0.15) is 68.7 Å². The number of aryl methyl sites for hydroxylation is 1. The third-order valence-electron chi connectivity index (χ3n) is 6.34. The molecule has 0 unspecified atom stereocenters. The SMILES string of the molecule is Cc1ccc(-c2cc(C(=O)Nc3cc(C(C)(C)C)c(S)c(C(C)(C)C)c3)nn2-c2ccc(F)cc2)cc1. The molecule has 0 radical (unpaired) electrons. The molecule has 1 amide bonds. The number of thiol groups is 1. The van der Waals surface area contributed by atoms with Crippen LogP contribution in [0.25, 0.3) is 16.9 Å². The van der Waals surface area contributed by atoms with Crippen molar-refractivity contribution in [2.75, 3.05) is 5.32 Å². The molecular weight excluding hydrogens is 481 g/mol. The Bertz CT molecular complexity index is 1340. The first kappa shape index (κ1) is 26.7. The van der Waals surface area contributed by atoms with E-state index in [1.165, 1.54) is 12.1 Å². The van der Waals surface area contributed by atoms with Gasteiger partial charge in [0.1, 0.15) is 5.82 Å². The second kappa shape index (κ2) is 9.82. The molecule has 0 fully saturated rings. The highest BCUT2D eigenvalue weighted by atomic mass is 32.1. The lowest BCUT2D eigenvalue weighted by Gasteiger charge is -2.29. The summed E-state index contributed by atoms with van der Waals surface area (Å²) in [4.78, 5) is 14.4. The van der Waals surface area contributed by atoms with E-state index in [9.17, 15) is 9.18 Å². The molecule has 37 heavy (non-hydrogen) atoms. The summed E-state index contributed by atoms with van der Waals surface area (Å²) in [6.07, 6.45) is 0. The van der Waals surface area contributed by atoms with Crippen molar-refractivity contribution in [3.63, 3.8) is 0 Å². The maximum absolute atomic E-state index is 13.6. The van der Waals surface area contributed by atoms with Crippen molar-refractivity contribution in [1.82, 2.24) is 9.78 Å². The Kier molecular flexibility index (Phi) is 7.08. The van der Waals surface area contributed by atoms with Crippen molar-refractivity contribution in [1.29, 1.82) is 0 Å². The number of benzene rings is 3. The van der Waals surface area contributed by atoms with Crippen LogP contribution in [-0.4, -0.2) is 15.7 Å². The molecule has 0 bridgehead atoms. The average molecular weight is 516 g/mol. The number of amides is 1. The predicted molar refractivity (Wildman–Crippen MR) is 153 cm³/mol. The molecule has 0 saturated carbocycles. The topological polar surface area (TPSA) is 46.9 Å². The van der Waals surface area contributed by atoms with E-state index in [2.05, 4.69) is 52.0 Å². The number of aromatic nitrogens is 2. The van der Waals surface area contributed by atoms with Gasteiger partial charge in [-0.25, -0.2) is 9.07 Å². The van der Waals surface area contributed by atoms with Crippen LogP contribution in [-0.2, 0) is 10.8 Å². The van der Waals surface area contributed by atoms with Gasteiger partial charge in [0.15, 0.2) is 5.69 Å². The number of carbonyl (C=O) groups is 1. The molecule has 0 aliphatic rings. The molecule has 0 aliphatic heterocycles. The number of halogens is 1. The minimum absolute atomic E-state index is 0.152. The summed E-state index contributed by atoms with van der Waals surface area (Å²) in [7, 11) is 0. The first-order valence-corrected chi connectivity index (χ1v) is 12.8. The normalized spacial score (nSPS) is 12.0. The number of rotatable bonds is 4. The van der Waals surface area contributed by atoms with Crippen molar-refractivity contribution in [2.45, 2.75) is 64.2 Å². The molecule has 3 aromatic carbocycles. The van der Waals surface area contributed by atoms with Crippen LogP contribution >= 0.6 is 12.6 Å². The first-order chi connectivity index (χ1) is 17.2. The zero-order valence-electron chi connectivity index (χ0n) is 22.5. The van der Waals surface area contributed by atoms with Crippen LogP contribution in [0, 0.1) is 12.7 Å². The Morgan fingerprint density at radius 1 is 0.865 bits per heavy atom. The van der Waals surface area contributed by atoms with Crippen LogP contribution in [0.4, 0.5) is 10.1 Å². The van der Waals surface area contributed by atoms with Crippen LogP contribution in [0.5, 0.6) is 0 Å². The number of nitrogens with one attached hydrogen (secondary N) is 1. The third-order valence-corrected chi connectivity index (χ3v) is 6.83. The molecule has 4 nitrogen and oxygen atoms in total. The molecule has 192 valence electrons. The fraction of sp³-hybridized carbons (Fsp3) is 0.290. The van der Waals surface area contributed by atoms with Crippen molar-refractivity contribution in [3.05, 3.63) is 94.9 Å². The Labute approximate surface area is 224 Å². The summed E-state index contributed by atoms with van der Waals surface area (Å²) >= 11 is 4.86. The molecule has 4 aromatic rings. The summed E-state index contributed by atoms with van der Waals surface area (Å²) in [6, 6.07) is 19.8. The Hall–Kier alpha value is -3.38. The Morgan fingerprint density at radius 3 is 1.92 bits per heavy atom. The summed E-state index contributed by atoms with van der Waals surface area (Å²) < 4.78 is 15.3. The van der Waals surface area contributed by atoms with Gasteiger partial charge in [-0.3, -0.25) is 4.79 Å². The van der Waals surface area contributed by atoms with Gasteiger partial charge in [0.2, 0.25) is 0 Å². The van der Waals surface area contributed by atoms with E-state index in [0.29, 0.717) is 11.4 Å². The summed E-state index contributed by atoms with van der Waals surface area (Å²) in [5.41, 5.74) is 6.24. The summed E-state index contributed by atoms with van der Waals surface area (Å²) in [5.74, 6) is -0.649. The minimum Gasteiger partial charge on any atom is -0.321 e. The van der Waals surface area contributed by atoms with Crippen LogP contribution in [0.3, 0.4) is 0 Å². The van der Waals surface area contributed by atoms with Gasteiger partial charge in [0.05, 0.1) is 11.4 Å². The molecule has 0 saturated heterocycles. The van der Waals surface area contributed by atoms with Gasteiger partial charge in [-0.15, -0.1) is 12.6 Å². The van der Waals surface area contributed by atoms with Gasteiger partial charge in [-0.2, -0.15) is 5.10 Å². The highest BCUT2D eigenvalue weighted by Gasteiger charge is 2.26. The van der Waals surface area contributed by atoms with Gasteiger partial charge < -0.3 is 5.32 Å². The summed E-state index contributed by atoms with van der Waals surface area (Å²) in [6.45, 7) is 14.8. The largest absolute Gasteiger partial charge is 0.321 e. The predicted octanol–water partition coefficient (Wildman–Crippen LogP) is 8.12. The molecule has 6 heteroatoms. The van der Waals surface area contributed by atoms with Crippen molar-refractivity contribution >= 4 is 24.2 Å². The van der Waals surface area contributed by atoms with E-state index in [1.54, 1.807) is 22.9 Å². The van der Waals surface area contributed by atoms with E-state index < -0.39 is 0 Å². The minimum atomic E-state index is -0.331. The standard InChI is InChI=1S/C31H34FN3OS/c1-19-8-10-20(11-9-19)27-18-26(34-35(27)23-14-12-21(32)13-15-23)29(36)33-22-16-24(30(2,3)4)28(37)25(17-22)31(5,6)7/h8-18,37H,1-7H3,(H,33,36). The number of nitrogens with zero attached hydrogens (tertiary/aromatic N) is 2. The van der Waals surface area contributed by atoms with Crippen molar-refractivity contribution in [3.8, 4) is 16.9 Å². The first-order valence-electron chi connectivity index (χ1n) is 12.4. The molecule has 1 heterocycles. The van der Waals surface area contributed by atoms with Gasteiger partial charge in [0, 0.05) is 16.1 Å². The quantitative estimate of drug-likeness (QED) is 0.270. The maximum Gasteiger partial charge on any atom is 0.276 e. The molecule has 0 aliphatic carbocycles. The third kappa shape index (κ3) is 5.80. The van der Waals surface area contributed by atoms with Crippen molar-refractivity contribution in [2.24, 2.45) is 0 Å². The monoisotopic (exact) mass is 515 g/mol. The fourth-order valence-corrected chi connectivity index (χ4v) is 5.05. The molecule has 0 atom stereocenters. The smallest absolute Gasteiger partial charge is 0.276 e. The highest BCUT2D eigenvalue weighted by molar-refractivity contribution is 7.80. The van der Waals surface area contributed by atoms with Crippen molar-refractivity contribution < 1.29 is 9.18 Å². The van der Waals surface area contributed by atoms with E-state index in [-0.39, 0.29) is 28.2 Å². The lowest BCUT2D eigenvalue weighted by molar-refractivity contribution is 0.102. The zero-order valence-corrected chi connectivity index (χ0v) is 23.4. The second-order valence-electron chi connectivity index (χ2n) is 11.5. The van der Waals surface area contributed by atoms with Crippen LogP contribution in [0.15, 0.2) is 71.6 Å². The van der Waals surface area contributed by atoms with E-state index in [4.69, 9.17) is 12.6 Å². The van der Waals surface area contributed by atoms with E-state index in [0.717, 1.165) is 32.8 Å². The maximum atomic E-state index is 13.6. The Morgan fingerprint density at radius 2 is 1.41 bits per heavy atom. The number of hydrogen-bond acceptors (Lipinski definition) is 3. The van der Waals surface area contributed by atoms with Crippen LogP contribution in [0.2, 0.25) is 0 Å². The van der Waals surface area contributed by atoms with Gasteiger partial charge in [-0.1, -0.05) is 71.4 Å². The highest BCUT2D eigenvalue weighted by Crippen LogP contribution is 2.39. The average Bonchev–Trinajstić information content (AvgIpc) is 3.25. The van der Waals surface area contributed by atoms with Gasteiger partial charge >= 0.3 is 0 Å². The number of carbonyl (C=O) groups excluding carboxylic acids is 1. The number of anilines is 1. The molecule has 4 rings (SSSR count). The molecule has 1 aromatic heterocycles. The fourth-order valence-electron chi connectivity index (χ4n) is 4.25. The lowest BCUT2D eigenvalue weighted by atomic mass is 9.80. The Balaban J connectivity index is 1.78. The molecule has 1 N–H and O–H groups in total. The second-order valence-corrected chi connectivity index (χ2v) is 12.0. The summed E-state index contributed by atoms with van der Waals surface area (Å²) in [5, 5.41) is 7.70. The van der Waals surface area contributed by atoms with E-state index >= 15 is 0 Å². The number of hydrogen-bond donors (Lipinski definition) is 2.